The minimum atomic E-state index is 1.16. The highest BCUT2D eigenvalue weighted by molar-refractivity contribution is 6.18. The fourth-order valence-corrected chi connectivity index (χ4v) is 6.68. The largest absolute Gasteiger partial charge is 0.309 e. The molecular weight excluding hydrogens is 472 g/mol. The maximum Gasteiger partial charge on any atom is 0.0547 e. The number of pyridine rings is 1. The number of benzene rings is 6. The van der Waals surface area contributed by atoms with E-state index < -0.39 is 0 Å². The molecular formula is C37H22N2. The number of hydrogen-bond acceptors (Lipinski definition) is 1. The van der Waals surface area contributed by atoms with Crippen molar-refractivity contribution in [1.29, 1.82) is 0 Å². The summed E-state index contributed by atoms with van der Waals surface area (Å²) >= 11 is 0. The van der Waals surface area contributed by atoms with E-state index in [9.17, 15) is 0 Å². The molecule has 0 atom stereocenters. The second kappa shape index (κ2) is 7.66. The minimum absolute atomic E-state index is 1.16. The maximum atomic E-state index is 4.34. The normalized spacial score (nSPS) is 12.1. The molecule has 1 aliphatic rings. The van der Waals surface area contributed by atoms with Gasteiger partial charge in [-0.2, -0.15) is 0 Å². The topological polar surface area (TPSA) is 17.8 Å². The Hall–Kier alpha value is -5.21. The number of fused-ring (bicyclic) bond motifs is 7. The molecule has 0 saturated carbocycles. The first-order valence-electron chi connectivity index (χ1n) is 13.4. The molecule has 0 spiro atoms. The smallest absolute Gasteiger partial charge is 0.0547 e. The lowest BCUT2D eigenvalue weighted by molar-refractivity contribution is 1.18. The molecule has 1 aliphatic carbocycles. The van der Waals surface area contributed by atoms with Crippen LogP contribution in [0.2, 0.25) is 0 Å². The van der Waals surface area contributed by atoms with Gasteiger partial charge in [-0.1, -0.05) is 84.9 Å². The van der Waals surface area contributed by atoms with Crippen LogP contribution in [-0.4, -0.2) is 9.55 Å². The van der Waals surface area contributed by atoms with Crippen LogP contribution >= 0.6 is 0 Å². The average Bonchev–Trinajstić information content (AvgIpc) is 3.50. The fraction of sp³-hybridized carbons (Fsp3) is 0. The lowest BCUT2D eigenvalue weighted by Crippen LogP contribution is -1.94. The molecule has 8 aromatic rings. The third-order valence-electron chi connectivity index (χ3n) is 8.42. The van der Waals surface area contributed by atoms with Crippen molar-refractivity contribution in [1.82, 2.24) is 9.55 Å². The highest BCUT2D eigenvalue weighted by Crippen LogP contribution is 2.49. The van der Waals surface area contributed by atoms with Crippen LogP contribution in [0.25, 0.3) is 82.4 Å². The first-order chi connectivity index (χ1) is 19.3. The summed E-state index contributed by atoms with van der Waals surface area (Å²) in [6.07, 6.45) is 3.82. The number of hydrogen-bond donors (Lipinski definition) is 0. The summed E-state index contributed by atoms with van der Waals surface area (Å²) in [6, 6.07) is 44.5. The Morgan fingerprint density at radius 1 is 0.462 bits per heavy atom. The number of aromatic nitrogens is 2. The van der Waals surface area contributed by atoms with Gasteiger partial charge in [-0.25, -0.2) is 0 Å². The second-order valence-corrected chi connectivity index (χ2v) is 10.4. The lowest BCUT2D eigenvalue weighted by Gasteiger charge is -2.12. The van der Waals surface area contributed by atoms with Crippen molar-refractivity contribution in [3.8, 4) is 39.1 Å². The molecule has 0 aliphatic heterocycles. The van der Waals surface area contributed by atoms with E-state index in [0.29, 0.717) is 0 Å². The second-order valence-electron chi connectivity index (χ2n) is 10.4. The summed E-state index contributed by atoms with van der Waals surface area (Å²) in [5.74, 6) is 0. The molecule has 0 amide bonds. The third-order valence-corrected chi connectivity index (χ3v) is 8.42. The predicted molar refractivity (Wildman–Crippen MR) is 163 cm³/mol. The van der Waals surface area contributed by atoms with Crippen molar-refractivity contribution < 1.29 is 0 Å². The van der Waals surface area contributed by atoms with Crippen LogP contribution in [0.4, 0.5) is 0 Å². The summed E-state index contributed by atoms with van der Waals surface area (Å²) in [7, 11) is 0. The van der Waals surface area contributed by atoms with Gasteiger partial charge in [0.15, 0.2) is 0 Å². The van der Waals surface area contributed by atoms with Crippen molar-refractivity contribution in [2.45, 2.75) is 0 Å². The molecule has 2 nitrogen and oxygen atoms in total. The SMILES string of the molecule is c1ccc2c(c1)-c1cccc3c(-c4ccc(-n5c6ccccc6c6cc7cnccc7cc65)cc4)ccc-2c13. The van der Waals surface area contributed by atoms with Gasteiger partial charge in [-0.3, -0.25) is 4.98 Å². The number of para-hydroxylation sites is 1. The fourth-order valence-electron chi connectivity index (χ4n) is 6.68. The molecule has 9 rings (SSSR count). The first-order valence-corrected chi connectivity index (χ1v) is 13.4. The van der Waals surface area contributed by atoms with Crippen LogP contribution in [0.3, 0.4) is 0 Å². The van der Waals surface area contributed by atoms with Crippen LogP contribution < -0.4 is 0 Å². The van der Waals surface area contributed by atoms with Gasteiger partial charge in [0, 0.05) is 34.2 Å². The van der Waals surface area contributed by atoms with Crippen molar-refractivity contribution >= 4 is 43.4 Å². The average molecular weight is 495 g/mol. The Bertz CT molecular complexity index is 2240. The summed E-state index contributed by atoms with van der Waals surface area (Å²) in [5.41, 5.74) is 11.4. The van der Waals surface area contributed by atoms with Crippen molar-refractivity contribution in [2.75, 3.05) is 0 Å². The van der Waals surface area contributed by atoms with Gasteiger partial charge in [0.05, 0.1) is 11.0 Å². The van der Waals surface area contributed by atoms with E-state index in [1.165, 1.54) is 71.3 Å². The molecule has 0 fully saturated rings. The van der Waals surface area contributed by atoms with E-state index in [1.807, 2.05) is 12.4 Å². The van der Waals surface area contributed by atoms with E-state index in [4.69, 9.17) is 0 Å². The zero-order valence-electron chi connectivity index (χ0n) is 21.1. The molecule has 2 aromatic heterocycles. The Morgan fingerprint density at radius 3 is 2.05 bits per heavy atom. The van der Waals surface area contributed by atoms with Crippen LogP contribution in [0, 0.1) is 0 Å². The molecule has 180 valence electrons. The molecule has 0 bridgehead atoms. The molecule has 0 unspecified atom stereocenters. The van der Waals surface area contributed by atoms with Crippen molar-refractivity contribution in [2.24, 2.45) is 0 Å². The van der Waals surface area contributed by atoms with E-state index in [1.54, 1.807) is 0 Å². The Morgan fingerprint density at radius 2 is 1.18 bits per heavy atom. The highest BCUT2D eigenvalue weighted by atomic mass is 15.0. The molecule has 39 heavy (non-hydrogen) atoms. The number of nitrogens with zero attached hydrogens (tertiary/aromatic N) is 2. The first kappa shape index (κ1) is 20.8. The third kappa shape index (κ3) is 2.83. The molecule has 2 heteroatoms. The quantitative estimate of drug-likeness (QED) is 0.234. The van der Waals surface area contributed by atoms with E-state index in [-0.39, 0.29) is 0 Å². The van der Waals surface area contributed by atoms with Crippen LogP contribution in [0.1, 0.15) is 0 Å². The zero-order chi connectivity index (χ0) is 25.5. The van der Waals surface area contributed by atoms with Crippen molar-refractivity contribution in [3.05, 3.63) is 134 Å². The summed E-state index contributed by atoms with van der Waals surface area (Å²) < 4.78 is 2.39. The molecule has 0 N–H and O–H groups in total. The van der Waals surface area contributed by atoms with Gasteiger partial charge < -0.3 is 4.57 Å². The predicted octanol–water partition coefficient (Wildman–Crippen LogP) is 9.80. The summed E-state index contributed by atoms with van der Waals surface area (Å²) in [6.45, 7) is 0. The standard InChI is InChI=1S/C37H22N2/c1-2-7-29-28(6-1)32-10-5-9-31-27(16-17-33(29)37(31)32)23-12-14-26(15-13-23)39-35-11-4-3-8-30(35)34-20-25-22-38-19-18-24(25)21-36(34)39/h1-22H. The van der Waals surface area contributed by atoms with Crippen LogP contribution in [0.5, 0.6) is 0 Å². The van der Waals surface area contributed by atoms with Crippen LogP contribution in [-0.2, 0) is 0 Å². The summed E-state index contributed by atoms with van der Waals surface area (Å²) in [5, 5.41) is 7.55. The Labute approximate surface area is 225 Å². The zero-order valence-corrected chi connectivity index (χ0v) is 21.1. The Balaban J connectivity index is 1.24. The van der Waals surface area contributed by atoms with Gasteiger partial charge in [-0.05, 0) is 85.9 Å². The van der Waals surface area contributed by atoms with Crippen molar-refractivity contribution in [3.63, 3.8) is 0 Å². The number of rotatable bonds is 2. The van der Waals surface area contributed by atoms with E-state index >= 15 is 0 Å². The maximum absolute atomic E-state index is 4.34. The van der Waals surface area contributed by atoms with E-state index in [0.717, 1.165) is 11.1 Å². The molecule has 0 radical (unpaired) electrons. The van der Waals surface area contributed by atoms with Gasteiger partial charge in [0.25, 0.3) is 0 Å². The Kier molecular flexibility index (Phi) is 4.08. The monoisotopic (exact) mass is 494 g/mol. The van der Waals surface area contributed by atoms with Gasteiger partial charge in [0.1, 0.15) is 0 Å². The van der Waals surface area contributed by atoms with Gasteiger partial charge in [-0.15, -0.1) is 0 Å². The molecule has 2 heterocycles. The summed E-state index contributed by atoms with van der Waals surface area (Å²) in [4.78, 5) is 4.34. The lowest BCUT2D eigenvalue weighted by atomic mass is 9.94. The minimum Gasteiger partial charge on any atom is -0.309 e. The van der Waals surface area contributed by atoms with Crippen LogP contribution in [0.15, 0.2) is 134 Å². The van der Waals surface area contributed by atoms with Gasteiger partial charge >= 0.3 is 0 Å². The highest BCUT2D eigenvalue weighted by Gasteiger charge is 2.22. The molecule has 0 saturated heterocycles. The van der Waals surface area contributed by atoms with E-state index in [2.05, 4.69) is 131 Å². The van der Waals surface area contributed by atoms with Gasteiger partial charge in [0.2, 0.25) is 0 Å². The molecule has 6 aromatic carbocycles.